The molecule has 1 aromatic rings. The van der Waals surface area contributed by atoms with Crippen LogP contribution in [0.25, 0.3) is 0 Å². The van der Waals surface area contributed by atoms with Crippen LogP contribution in [0.4, 0.5) is 0 Å². The van der Waals surface area contributed by atoms with Crippen molar-refractivity contribution in [2.24, 2.45) is 0 Å². The first-order chi connectivity index (χ1) is 12.0. The van der Waals surface area contributed by atoms with Gasteiger partial charge < -0.3 is 19.9 Å². The summed E-state index contributed by atoms with van der Waals surface area (Å²) in [5, 5.41) is 3.18. The molecule has 1 aliphatic heterocycles. The Bertz CT molecular complexity index is 515. The minimum atomic E-state index is -0.426. The van der Waals surface area contributed by atoms with E-state index in [9.17, 15) is 4.79 Å². The number of benzene rings is 1. The van der Waals surface area contributed by atoms with Crippen LogP contribution in [0.2, 0.25) is 0 Å². The van der Waals surface area contributed by atoms with Crippen molar-refractivity contribution in [1.29, 1.82) is 0 Å². The molecule has 140 valence electrons. The number of nitrogens with one attached hydrogen (secondary N) is 1. The summed E-state index contributed by atoms with van der Waals surface area (Å²) in [5.74, 6) is -0.0486. The lowest BCUT2D eigenvalue weighted by molar-refractivity contribution is -0.132. The maximum Gasteiger partial charge on any atom is 0.249 e. The zero-order valence-electron chi connectivity index (χ0n) is 16.1. The lowest BCUT2D eigenvalue weighted by atomic mass is 10.0. The summed E-state index contributed by atoms with van der Waals surface area (Å²) in [7, 11) is 4.35. The highest BCUT2D eigenvalue weighted by Crippen LogP contribution is 2.19. The highest BCUT2D eigenvalue weighted by Gasteiger charge is 2.25. The molecule has 0 unspecified atom stereocenters. The standard InChI is InChI=1S/C20H33N3O2/c1-5-25-16(2)20(24)21-19(17-9-7-6-8-10-17)15-23(4)18-11-13-22(3)14-12-18/h6-10,16,18-19H,5,11-15H2,1-4H3,(H,21,24)/t16-,19+/m0/s1. The van der Waals surface area contributed by atoms with Gasteiger partial charge in [-0.2, -0.15) is 0 Å². The van der Waals surface area contributed by atoms with Crippen molar-refractivity contribution >= 4 is 5.91 Å². The van der Waals surface area contributed by atoms with Crippen molar-refractivity contribution in [2.45, 2.75) is 44.9 Å². The van der Waals surface area contributed by atoms with E-state index >= 15 is 0 Å². The summed E-state index contributed by atoms with van der Waals surface area (Å²) in [6, 6.07) is 10.8. The van der Waals surface area contributed by atoms with Gasteiger partial charge in [0.1, 0.15) is 6.10 Å². The third kappa shape index (κ3) is 6.10. The first-order valence-corrected chi connectivity index (χ1v) is 9.37. The maximum atomic E-state index is 12.5. The molecule has 1 aromatic carbocycles. The van der Waals surface area contributed by atoms with Crippen molar-refractivity contribution < 1.29 is 9.53 Å². The smallest absolute Gasteiger partial charge is 0.249 e. The van der Waals surface area contributed by atoms with Crippen molar-refractivity contribution in [2.75, 3.05) is 40.3 Å². The number of nitrogens with zero attached hydrogens (tertiary/aromatic N) is 2. The first-order valence-electron chi connectivity index (χ1n) is 9.37. The van der Waals surface area contributed by atoms with Crippen molar-refractivity contribution in [3.8, 4) is 0 Å². The van der Waals surface area contributed by atoms with Gasteiger partial charge in [-0.3, -0.25) is 4.79 Å². The molecule has 2 rings (SSSR count). The van der Waals surface area contributed by atoms with E-state index in [0.717, 1.165) is 25.2 Å². The minimum absolute atomic E-state index is 0.0266. The summed E-state index contributed by atoms with van der Waals surface area (Å²) in [5.41, 5.74) is 1.14. The Morgan fingerprint density at radius 1 is 1.32 bits per heavy atom. The largest absolute Gasteiger partial charge is 0.369 e. The third-order valence-corrected chi connectivity index (χ3v) is 5.09. The normalized spacial score (nSPS) is 18.9. The molecule has 0 radical (unpaired) electrons. The molecule has 25 heavy (non-hydrogen) atoms. The number of amides is 1. The van der Waals surface area contributed by atoms with Crippen LogP contribution in [0, 0.1) is 0 Å². The lowest BCUT2D eigenvalue weighted by Gasteiger charge is -2.37. The van der Waals surface area contributed by atoms with E-state index in [-0.39, 0.29) is 11.9 Å². The molecule has 0 aliphatic carbocycles. The van der Waals surface area contributed by atoms with Crippen LogP contribution < -0.4 is 5.32 Å². The third-order valence-electron chi connectivity index (χ3n) is 5.09. The van der Waals surface area contributed by atoms with Crippen LogP contribution in [0.5, 0.6) is 0 Å². The van der Waals surface area contributed by atoms with Crippen LogP contribution >= 0.6 is 0 Å². The zero-order chi connectivity index (χ0) is 18.2. The zero-order valence-corrected chi connectivity index (χ0v) is 16.1. The molecule has 2 atom stereocenters. The Labute approximate surface area is 152 Å². The van der Waals surface area contributed by atoms with E-state index in [1.54, 1.807) is 0 Å². The fraction of sp³-hybridized carbons (Fsp3) is 0.650. The Kier molecular flexibility index (Phi) is 7.88. The topological polar surface area (TPSA) is 44.8 Å². The summed E-state index contributed by atoms with van der Waals surface area (Å²) in [4.78, 5) is 17.2. The second-order valence-corrected chi connectivity index (χ2v) is 7.04. The summed E-state index contributed by atoms with van der Waals surface area (Å²) >= 11 is 0. The van der Waals surface area contributed by atoms with Gasteiger partial charge in [0.15, 0.2) is 0 Å². The highest BCUT2D eigenvalue weighted by atomic mass is 16.5. The van der Waals surface area contributed by atoms with Crippen molar-refractivity contribution in [1.82, 2.24) is 15.1 Å². The first kappa shape index (κ1) is 19.9. The summed E-state index contributed by atoms with van der Waals surface area (Å²) in [6.45, 7) is 7.34. The molecule has 1 fully saturated rings. The van der Waals surface area contributed by atoms with Gasteiger partial charge in [0.25, 0.3) is 0 Å². The van der Waals surface area contributed by atoms with E-state index < -0.39 is 6.10 Å². The van der Waals surface area contributed by atoms with Crippen LogP contribution in [0.15, 0.2) is 30.3 Å². The number of likely N-dealkylation sites (tertiary alicyclic amines) is 1. The van der Waals surface area contributed by atoms with E-state index in [1.807, 2.05) is 32.0 Å². The monoisotopic (exact) mass is 347 g/mol. The quantitative estimate of drug-likeness (QED) is 0.784. The van der Waals surface area contributed by atoms with Gasteiger partial charge in [-0.05, 0) is 59.4 Å². The molecule has 0 bridgehead atoms. The molecule has 0 aromatic heterocycles. The Hall–Kier alpha value is -1.43. The van der Waals surface area contributed by atoms with Gasteiger partial charge in [-0.15, -0.1) is 0 Å². The van der Waals surface area contributed by atoms with Crippen LogP contribution in [-0.2, 0) is 9.53 Å². The Morgan fingerprint density at radius 3 is 2.56 bits per heavy atom. The molecular formula is C20H33N3O2. The number of hydrogen-bond donors (Lipinski definition) is 1. The fourth-order valence-corrected chi connectivity index (χ4v) is 3.41. The van der Waals surface area contributed by atoms with E-state index in [0.29, 0.717) is 12.6 Å². The minimum Gasteiger partial charge on any atom is -0.369 e. The van der Waals surface area contributed by atoms with Gasteiger partial charge in [-0.1, -0.05) is 30.3 Å². The van der Waals surface area contributed by atoms with Gasteiger partial charge in [0.2, 0.25) is 5.91 Å². The van der Waals surface area contributed by atoms with Crippen molar-refractivity contribution in [3.05, 3.63) is 35.9 Å². The van der Waals surface area contributed by atoms with Crippen molar-refractivity contribution in [3.63, 3.8) is 0 Å². The van der Waals surface area contributed by atoms with Gasteiger partial charge in [0.05, 0.1) is 6.04 Å². The molecule has 1 heterocycles. The lowest BCUT2D eigenvalue weighted by Crippen LogP contribution is -2.46. The Morgan fingerprint density at radius 2 is 1.96 bits per heavy atom. The number of piperidine rings is 1. The number of hydrogen-bond acceptors (Lipinski definition) is 4. The highest BCUT2D eigenvalue weighted by molar-refractivity contribution is 5.80. The number of carbonyl (C=O) groups is 1. The molecule has 1 amide bonds. The number of ether oxygens (including phenoxy) is 1. The van der Waals surface area contributed by atoms with Gasteiger partial charge in [0, 0.05) is 19.2 Å². The summed E-state index contributed by atoms with van der Waals surface area (Å²) < 4.78 is 5.44. The van der Waals surface area contributed by atoms with Crippen LogP contribution in [0.1, 0.15) is 38.3 Å². The second kappa shape index (κ2) is 9.90. The van der Waals surface area contributed by atoms with Gasteiger partial charge in [-0.25, -0.2) is 0 Å². The second-order valence-electron chi connectivity index (χ2n) is 7.04. The molecular weight excluding hydrogens is 314 g/mol. The van der Waals surface area contributed by atoms with E-state index in [2.05, 4.69) is 41.3 Å². The molecule has 0 saturated carbocycles. The van der Waals surface area contributed by atoms with Gasteiger partial charge >= 0.3 is 0 Å². The predicted octanol–water partition coefficient (Wildman–Crippen LogP) is 2.29. The molecule has 5 nitrogen and oxygen atoms in total. The molecule has 1 N–H and O–H groups in total. The number of rotatable bonds is 8. The maximum absolute atomic E-state index is 12.5. The molecule has 1 aliphatic rings. The van der Waals surface area contributed by atoms with E-state index in [4.69, 9.17) is 4.74 Å². The predicted molar refractivity (Wildman–Crippen MR) is 102 cm³/mol. The summed E-state index contributed by atoms with van der Waals surface area (Å²) in [6.07, 6.45) is 1.93. The Balaban J connectivity index is 2.03. The van der Waals surface area contributed by atoms with Crippen LogP contribution in [-0.4, -0.2) is 68.2 Å². The average Bonchev–Trinajstić information content (AvgIpc) is 2.62. The molecule has 1 saturated heterocycles. The fourth-order valence-electron chi connectivity index (χ4n) is 3.41. The SMILES string of the molecule is CCO[C@@H](C)C(=O)N[C@H](CN(C)C1CCN(C)CC1)c1ccccc1. The number of likely N-dealkylation sites (N-methyl/N-ethyl adjacent to an activating group) is 1. The molecule has 0 spiro atoms. The average molecular weight is 348 g/mol. The number of carbonyl (C=O) groups excluding carboxylic acids is 1. The molecule has 5 heteroatoms. The van der Waals surface area contributed by atoms with Crippen LogP contribution in [0.3, 0.4) is 0 Å². The van der Waals surface area contributed by atoms with E-state index in [1.165, 1.54) is 12.8 Å².